The van der Waals surface area contributed by atoms with Crippen LogP contribution in [0.15, 0.2) is 0 Å². The lowest BCUT2D eigenvalue weighted by atomic mass is 9.95. The van der Waals surface area contributed by atoms with Crippen molar-refractivity contribution in [2.24, 2.45) is 5.41 Å². The maximum atomic E-state index is 10.8. The fourth-order valence-corrected chi connectivity index (χ4v) is 1.23. The molecule has 4 nitrogen and oxygen atoms in total. The molecule has 1 fully saturated rings. The zero-order valence-electron chi connectivity index (χ0n) is 8.78. The Morgan fingerprint density at radius 2 is 2.07 bits per heavy atom. The van der Waals surface area contributed by atoms with E-state index in [1.54, 1.807) is 13.8 Å². The van der Waals surface area contributed by atoms with Gasteiger partial charge in [-0.15, -0.1) is 0 Å². The Hall–Kier alpha value is -0.610. The van der Waals surface area contributed by atoms with Crippen molar-refractivity contribution < 1.29 is 19.4 Å². The van der Waals surface area contributed by atoms with E-state index < -0.39 is 11.4 Å². The van der Waals surface area contributed by atoms with Crippen LogP contribution in [0, 0.1) is 5.41 Å². The summed E-state index contributed by atoms with van der Waals surface area (Å²) in [6, 6.07) is 0. The summed E-state index contributed by atoms with van der Waals surface area (Å²) in [6.07, 6.45) is 1.91. The van der Waals surface area contributed by atoms with Gasteiger partial charge < -0.3 is 14.6 Å². The third-order valence-corrected chi connectivity index (χ3v) is 2.43. The van der Waals surface area contributed by atoms with E-state index >= 15 is 0 Å². The van der Waals surface area contributed by atoms with Gasteiger partial charge in [0.05, 0.1) is 18.1 Å². The molecule has 1 aliphatic heterocycles. The van der Waals surface area contributed by atoms with E-state index in [9.17, 15) is 4.79 Å². The number of carbonyl (C=O) groups is 1. The smallest absolute Gasteiger partial charge is 0.311 e. The minimum absolute atomic E-state index is 0.169. The highest BCUT2D eigenvalue weighted by atomic mass is 16.5. The SMILES string of the molecule is CC(C)(COC1CCOCC1)C(=O)O. The van der Waals surface area contributed by atoms with Crippen LogP contribution < -0.4 is 0 Å². The van der Waals surface area contributed by atoms with Crippen molar-refractivity contribution in [2.75, 3.05) is 19.8 Å². The summed E-state index contributed by atoms with van der Waals surface area (Å²) in [6.45, 7) is 5.06. The standard InChI is InChI=1S/C10H18O4/c1-10(2,9(11)12)7-14-8-3-5-13-6-4-8/h8H,3-7H2,1-2H3,(H,11,12). The van der Waals surface area contributed by atoms with E-state index in [1.807, 2.05) is 0 Å². The molecule has 4 heteroatoms. The van der Waals surface area contributed by atoms with Gasteiger partial charge in [-0.3, -0.25) is 4.79 Å². The lowest BCUT2D eigenvalue weighted by molar-refractivity contribution is -0.153. The maximum absolute atomic E-state index is 10.8. The van der Waals surface area contributed by atoms with E-state index in [2.05, 4.69) is 0 Å². The molecule has 1 heterocycles. The summed E-state index contributed by atoms with van der Waals surface area (Å²) in [5.74, 6) is -0.815. The first-order chi connectivity index (χ1) is 6.52. The molecular formula is C10H18O4. The Bertz CT molecular complexity index is 194. The summed E-state index contributed by atoms with van der Waals surface area (Å²) in [5, 5.41) is 8.87. The largest absolute Gasteiger partial charge is 0.481 e. The van der Waals surface area contributed by atoms with Crippen molar-refractivity contribution in [2.45, 2.75) is 32.8 Å². The van der Waals surface area contributed by atoms with Crippen LogP contribution in [-0.2, 0) is 14.3 Å². The Morgan fingerprint density at radius 3 is 2.57 bits per heavy atom. The molecule has 0 aliphatic carbocycles. The second kappa shape index (κ2) is 4.75. The summed E-state index contributed by atoms with van der Waals surface area (Å²) in [5.41, 5.74) is -0.793. The van der Waals surface area contributed by atoms with Gasteiger partial charge >= 0.3 is 5.97 Å². The van der Waals surface area contributed by atoms with Crippen LogP contribution in [-0.4, -0.2) is 37.0 Å². The maximum Gasteiger partial charge on any atom is 0.311 e. The highest BCUT2D eigenvalue weighted by molar-refractivity contribution is 5.73. The van der Waals surface area contributed by atoms with E-state index in [-0.39, 0.29) is 12.7 Å². The van der Waals surface area contributed by atoms with Crippen LogP contribution in [0.2, 0.25) is 0 Å². The Balaban J connectivity index is 2.28. The predicted octanol–water partition coefficient (Wildman–Crippen LogP) is 1.29. The average Bonchev–Trinajstić information content (AvgIpc) is 2.16. The number of hydrogen-bond acceptors (Lipinski definition) is 3. The minimum atomic E-state index is -0.815. The van der Waals surface area contributed by atoms with Crippen LogP contribution >= 0.6 is 0 Å². The molecule has 0 aromatic heterocycles. The topological polar surface area (TPSA) is 55.8 Å². The number of hydrogen-bond donors (Lipinski definition) is 1. The van der Waals surface area contributed by atoms with Crippen LogP contribution in [0.4, 0.5) is 0 Å². The van der Waals surface area contributed by atoms with Crippen LogP contribution in [0.25, 0.3) is 0 Å². The van der Waals surface area contributed by atoms with Crippen LogP contribution in [0.5, 0.6) is 0 Å². The Kier molecular flexibility index (Phi) is 3.89. The molecular weight excluding hydrogens is 184 g/mol. The molecule has 0 amide bonds. The fraction of sp³-hybridized carbons (Fsp3) is 0.900. The van der Waals surface area contributed by atoms with Gasteiger partial charge in [-0.2, -0.15) is 0 Å². The summed E-state index contributed by atoms with van der Waals surface area (Å²) >= 11 is 0. The quantitative estimate of drug-likeness (QED) is 0.746. The molecule has 1 N–H and O–H groups in total. The first-order valence-electron chi connectivity index (χ1n) is 4.95. The second-order valence-electron chi connectivity index (χ2n) is 4.31. The summed E-state index contributed by atoms with van der Waals surface area (Å²) < 4.78 is 10.7. The van der Waals surface area contributed by atoms with Crippen molar-refractivity contribution in [1.82, 2.24) is 0 Å². The molecule has 0 unspecified atom stereocenters. The van der Waals surface area contributed by atoms with Gasteiger partial charge in [0, 0.05) is 13.2 Å². The highest BCUT2D eigenvalue weighted by Gasteiger charge is 2.29. The van der Waals surface area contributed by atoms with Crippen LogP contribution in [0.1, 0.15) is 26.7 Å². The van der Waals surface area contributed by atoms with Gasteiger partial charge in [-0.05, 0) is 26.7 Å². The molecule has 0 bridgehead atoms. The molecule has 0 spiro atoms. The van der Waals surface area contributed by atoms with Gasteiger partial charge in [0.15, 0.2) is 0 Å². The summed E-state index contributed by atoms with van der Waals surface area (Å²) in [4.78, 5) is 10.8. The van der Waals surface area contributed by atoms with Crippen molar-refractivity contribution in [3.8, 4) is 0 Å². The van der Waals surface area contributed by atoms with Crippen molar-refractivity contribution in [3.63, 3.8) is 0 Å². The van der Waals surface area contributed by atoms with E-state index in [4.69, 9.17) is 14.6 Å². The third kappa shape index (κ3) is 3.27. The van der Waals surface area contributed by atoms with E-state index in [1.165, 1.54) is 0 Å². The molecule has 0 radical (unpaired) electrons. The van der Waals surface area contributed by atoms with Gasteiger partial charge in [0.1, 0.15) is 0 Å². The lowest BCUT2D eigenvalue weighted by Crippen LogP contribution is -2.33. The average molecular weight is 202 g/mol. The molecule has 1 saturated heterocycles. The van der Waals surface area contributed by atoms with Gasteiger partial charge in [0.25, 0.3) is 0 Å². The molecule has 82 valence electrons. The van der Waals surface area contributed by atoms with Gasteiger partial charge in [0.2, 0.25) is 0 Å². The van der Waals surface area contributed by atoms with Crippen molar-refractivity contribution in [1.29, 1.82) is 0 Å². The van der Waals surface area contributed by atoms with Crippen molar-refractivity contribution in [3.05, 3.63) is 0 Å². The summed E-state index contributed by atoms with van der Waals surface area (Å²) in [7, 11) is 0. The molecule has 0 atom stereocenters. The first kappa shape index (κ1) is 11.5. The molecule has 0 aromatic carbocycles. The van der Waals surface area contributed by atoms with Crippen LogP contribution in [0.3, 0.4) is 0 Å². The first-order valence-corrected chi connectivity index (χ1v) is 4.95. The number of aliphatic carboxylic acids is 1. The normalized spacial score (nSPS) is 19.6. The third-order valence-electron chi connectivity index (χ3n) is 2.43. The predicted molar refractivity (Wildman–Crippen MR) is 51.2 cm³/mol. The lowest BCUT2D eigenvalue weighted by Gasteiger charge is -2.26. The number of carboxylic acids is 1. The molecule has 14 heavy (non-hydrogen) atoms. The minimum Gasteiger partial charge on any atom is -0.481 e. The molecule has 1 rings (SSSR count). The second-order valence-corrected chi connectivity index (χ2v) is 4.31. The molecule has 0 aromatic rings. The zero-order chi connectivity index (χ0) is 10.6. The fourth-order valence-electron chi connectivity index (χ4n) is 1.23. The number of carboxylic acid groups (broad SMARTS) is 1. The monoisotopic (exact) mass is 202 g/mol. The van der Waals surface area contributed by atoms with Crippen molar-refractivity contribution >= 4 is 5.97 Å². The molecule has 1 aliphatic rings. The molecule has 0 saturated carbocycles. The number of rotatable bonds is 4. The zero-order valence-corrected chi connectivity index (χ0v) is 8.78. The highest BCUT2D eigenvalue weighted by Crippen LogP contribution is 2.19. The van der Waals surface area contributed by atoms with E-state index in [0.717, 1.165) is 26.1 Å². The van der Waals surface area contributed by atoms with E-state index in [0.29, 0.717) is 0 Å². The van der Waals surface area contributed by atoms with Gasteiger partial charge in [-0.1, -0.05) is 0 Å². The Morgan fingerprint density at radius 1 is 1.50 bits per heavy atom. The Labute approximate surface area is 84.2 Å². The number of ether oxygens (including phenoxy) is 2. The van der Waals surface area contributed by atoms with Gasteiger partial charge in [-0.25, -0.2) is 0 Å².